The summed E-state index contributed by atoms with van der Waals surface area (Å²) >= 11 is 0. The summed E-state index contributed by atoms with van der Waals surface area (Å²) in [5.74, 6) is -1.32. The van der Waals surface area contributed by atoms with Crippen LogP contribution in [-0.4, -0.2) is 23.6 Å². The molecule has 5 heteroatoms. The molecule has 0 aromatic heterocycles. The van der Waals surface area contributed by atoms with Crippen molar-refractivity contribution in [3.8, 4) is 5.75 Å². The molecule has 1 atom stereocenters. The molecule has 1 amide bonds. The number of nitrogens with one attached hydrogen (secondary N) is 2. The van der Waals surface area contributed by atoms with Crippen LogP contribution < -0.4 is 10.6 Å². The van der Waals surface area contributed by atoms with Crippen molar-refractivity contribution in [1.82, 2.24) is 5.32 Å². The number of amides is 1. The van der Waals surface area contributed by atoms with Crippen LogP contribution in [0.2, 0.25) is 0 Å². The molecular formula is C11H13FN2O2. The summed E-state index contributed by atoms with van der Waals surface area (Å²) in [6, 6.07) is 3.58. The summed E-state index contributed by atoms with van der Waals surface area (Å²) in [5.41, 5.74) is 0.356. The van der Waals surface area contributed by atoms with E-state index in [1.165, 1.54) is 12.1 Å². The Balaban J connectivity index is 2.02. The number of hydrogen-bond donors (Lipinski definition) is 3. The number of hydrogen-bond acceptors (Lipinski definition) is 3. The molecule has 0 radical (unpaired) electrons. The molecule has 4 nitrogen and oxygen atoms in total. The van der Waals surface area contributed by atoms with E-state index in [9.17, 15) is 9.18 Å². The highest BCUT2D eigenvalue weighted by Crippen LogP contribution is 2.19. The van der Waals surface area contributed by atoms with Crippen molar-refractivity contribution < 1.29 is 14.3 Å². The molecule has 16 heavy (non-hydrogen) atoms. The van der Waals surface area contributed by atoms with E-state index in [0.717, 1.165) is 25.5 Å². The Morgan fingerprint density at radius 2 is 2.38 bits per heavy atom. The summed E-state index contributed by atoms with van der Waals surface area (Å²) in [5, 5.41) is 14.6. The molecule has 86 valence electrons. The zero-order chi connectivity index (χ0) is 11.5. The molecule has 1 aromatic carbocycles. The summed E-state index contributed by atoms with van der Waals surface area (Å²) in [7, 11) is 0. The predicted octanol–water partition coefficient (Wildman–Crippen LogP) is 1.22. The number of benzene rings is 1. The Bertz CT molecular complexity index is 403. The minimum Gasteiger partial charge on any atom is -0.505 e. The molecule has 3 N–H and O–H groups in total. The van der Waals surface area contributed by atoms with Crippen molar-refractivity contribution >= 4 is 11.6 Å². The predicted molar refractivity (Wildman–Crippen MR) is 57.7 cm³/mol. The number of aromatic hydroxyl groups is 1. The molecule has 0 spiro atoms. The van der Waals surface area contributed by atoms with E-state index in [-0.39, 0.29) is 11.9 Å². The van der Waals surface area contributed by atoms with Gasteiger partial charge in [0.1, 0.15) is 0 Å². The molecule has 1 fully saturated rings. The third-order valence-corrected chi connectivity index (χ3v) is 2.59. The smallest absolute Gasteiger partial charge is 0.241 e. The largest absolute Gasteiger partial charge is 0.505 e. The van der Waals surface area contributed by atoms with Gasteiger partial charge < -0.3 is 15.7 Å². The lowest BCUT2D eigenvalue weighted by Crippen LogP contribution is -2.35. The van der Waals surface area contributed by atoms with Crippen LogP contribution >= 0.6 is 0 Å². The van der Waals surface area contributed by atoms with E-state index in [1.54, 1.807) is 0 Å². The summed E-state index contributed by atoms with van der Waals surface area (Å²) in [6.45, 7) is 0.835. The number of phenolic OH excluding ortho intramolecular Hbond substituents is 1. The van der Waals surface area contributed by atoms with Gasteiger partial charge in [0.15, 0.2) is 11.6 Å². The van der Waals surface area contributed by atoms with Gasteiger partial charge in [0.05, 0.1) is 6.04 Å². The highest BCUT2D eigenvalue weighted by Gasteiger charge is 2.21. The lowest BCUT2D eigenvalue weighted by atomic mass is 10.2. The van der Waals surface area contributed by atoms with Gasteiger partial charge in [-0.25, -0.2) is 4.39 Å². The van der Waals surface area contributed by atoms with Crippen molar-refractivity contribution in [2.45, 2.75) is 18.9 Å². The zero-order valence-electron chi connectivity index (χ0n) is 8.66. The minimum atomic E-state index is -0.739. The van der Waals surface area contributed by atoms with E-state index in [1.807, 2.05) is 0 Å². The lowest BCUT2D eigenvalue weighted by Gasteiger charge is -2.11. The average molecular weight is 224 g/mol. The molecule has 2 rings (SSSR count). The fraction of sp³-hybridized carbons (Fsp3) is 0.364. The van der Waals surface area contributed by atoms with Crippen molar-refractivity contribution in [3.05, 3.63) is 24.0 Å². The standard InChI is InChI=1S/C11H13FN2O2/c12-8-6-7(3-4-10(8)15)14-11(16)9-2-1-5-13-9/h3-4,6,9,13,15H,1-2,5H2,(H,14,16)/t9-/m1/s1. The Morgan fingerprint density at radius 3 is 3.00 bits per heavy atom. The van der Waals surface area contributed by atoms with Gasteiger partial charge in [0.25, 0.3) is 0 Å². The summed E-state index contributed by atoms with van der Waals surface area (Å²) < 4.78 is 13.0. The maximum absolute atomic E-state index is 13.0. The second kappa shape index (κ2) is 4.49. The van der Waals surface area contributed by atoms with E-state index < -0.39 is 11.6 Å². The van der Waals surface area contributed by atoms with E-state index in [0.29, 0.717) is 5.69 Å². The molecule has 0 bridgehead atoms. The van der Waals surface area contributed by atoms with Gasteiger partial charge in [-0.3, -0.25) is 4.79 Å². The third kappa shape index (κ3) is 2.30. The fourth-order valence-corrected chi connectivity index (χ4v) is 1.72. The van der Waals surface area contributed by atoms with E-state index in [2.05, 4.69) is 10.6 Å². The van der Waals surface area contributed by atoms with Gasteiger partial charge in [0, 0.05) is 11.8 Å². The summed E-state index contributed by atoms with van der Waals surface area (Å²) in [4.78, 5) is 11.7. The van der Waals surface area contributed by atoms with Gasteiger partial charge in [-0.05, 0) is 31.5 Å². The Morgan fingerprint density at radius 1 is 1.56 bits per heavy atom. The van der Waals surface area contributed by atoms with Gasteiger partial charge in [-0.15, -0.1) is 0 Å². The fourth-order valence-electron chi connectivity index (χ4n) is 1.72. The van der Waals surface area contributed by atoms with Crippen LogP contribution in [0.4, 0.5) is 10.1 Å². The topological polar surface area (TPSA) is 61.4 Å². The van der Waals surface area contributed by atoms with Crippen LogP contribution in [0, 0.1) is 5.82 Å². The molecule has 0 aliphatic carbocycles. The molecule has 1 aliphatic rings. The number of halogens is 1. The Labute approximate surface area is 92.5 Å². The van der Waals surface area contributed by atoms with Gasteiger partial charge in [-0.2, -0.15) is 0 Å². The number of anilines is 1. The van der Waals surface area contributed by atoms with Crippen molar-refractivity contribution in [1.29, 1.82) is 0 Å². The van der Waals surface area contributed by atoms with Crippen LogP contribution in [0.15, 0.2) is 18.2 Å². The molecule has 0 unspecified atom stereocenters. The third-order valence-electron chi connectivity index (χ3n) is 2.59. The maximum Gasteiger partial charge on any atom is 0.241 e. The Kier molecular flexibility index (Phi) is 3.05. The highest BCUT2D eigenvalue weighted by atomic mass is 19.1. The number of phenols is 1. The normalized spacial score (nSPS) is 19.7. The van der Waals surface area contributed by atoms with Crippen LogP contribution in [0.25, 0.3) is 0 Å². The van der Waals surface area contributed by atoms with Gasteiger partial charge in [0.2, 0.25) is 5.91 Å². The van der Waals surface area contributed by atoms with Crippen LogP contribution in [0.1, 0.15) is 12.8 Å². The van der Waals surface area contributed by atoms with Crippen LogP contribution in [0.5, 0.6) is 5.75 Å². The summed E-state index contributed by atoms with van der Waals surface area (Å²) in [6.07, 6.45) is 1.77. The second-order valence-corrected chi connectivity index (χ2v) is 3.80. The first-order chi connectivity index (χ1) is 7.66. The monoisotopic (exact) mass is 224 g/mol. The molecule has 1 aromatic rings. The lowest BCUT2D eigenvalue weighted by molar-refractivity contribution is -0.117. The Hall–Kier alpha value is -1.62. The van der Waals surface area contributed by atoms with Gasteiger partial charge >= 0.3 is 0 Å². The number of carbonyl (C=O) groups excluding carboxylic acids is 1. The molecular weight excluding hydrogens is 211 g/mol. The van der Waals surface area contributed by atoms with E-state index >= 15 is 0 Å². The number of rotatable bonds is 2. The first kappa shape index (κ1) is 10.9. The molecule has 1 saturated heterocycles. The SMILES string of the molecule is O=C(Nc1ccc(O)c(F)c1)[C@H]1CCCN1. The quantitative estimate of drug-likeness (QED) is 0.662. The maximum atomic E-state index is 13.0. The highest BCUT2D eigenvalue weighted by molar-refractivity contribution is 5.95. The number of carbonyl (C=O) groups is 1. The molecule has 0 saturated carbocycles. The van der Waals surface area contributed by atoms with Gasteiger partial charge in [-0.1, -0.05) is 0 Å². The average Bonchev–Trinajstić information content (AvgIpc) is 2.77. The second-order valence-electron chi connectivity index (χ2n) is 3.80. The van der Waals surface area contributed by atoms with Crippen LogP contribution in [-0.2, 0) is 4.79 Å². The van der Waals surface area contributed by atoms with E-state index in [4.69, 9.17) is 5.11 Å². The zero-order valence-corrected chi connectivity index (χ0v) is 8.66. The molecule has 1 aliphatic heterocycles. The van der Waals surface area contributed by atoms with Crippen molar-refractivity contribution in [2.75, 3.05) is 11.9 Å². The van der Waals surface area contributed by atoms with Crippen LogP contribution in [0.3, 0.4) is 0 Å². The minimum absolute atomic E-state index is 0.164. The van der Waals surface area contributed by atoms with Crippen molar-refractivity contribution in [2.24, 2.45) is 0 Å². The first-order valence-corrected chi connectivity index (χ1v) is 5.19. The molecule has 1 heterocycles. The van der Waals surface area contributed by atoms with Crippen molar-refractivity contribution in [3.63, 3.8) is 0 Å². The first-order valence-electron chi connectivity index (χ1n) is 5.19.